The number of rotatable bonds is 16. The Morgan fingerprint density at radius 1 is 1.09 bits per heavy atom. The van der Waals surface area contributed by atoms with E-state index in [1.54, 1.807) is 17.4 Å². The Kier molecular flexibility index (Phi) is 12.5. The third-order valence-electron chi connectivity index (χ3n) is 8.39. The first-order chi connectivity index (χ1) is 22.5. The average molecular weight is 668 g/mol. The molecule has 12 nitrogen and oxygen atoms in total. The van der Waals surface area contributed by atoms with Gasteiger partial charge in [0.15, 0.2) is 11.5 Å². The Hall–Kier alpha value is -3.85. The molecule has 1 aromatic carbocycles. The molecule has 0 bridgehead atoms. The van der Waals surface area contributed by atoms with Gasteiger partial charge in [0, 0.05) is 63.2 Å². The van der Waals surface area contributed by atoms with E-state index in [9.17, 15) is 27.6 Å². The van der Waals surface area contributed by atoms with Gasteiger partial charge in [-0.15, -0.1) is 0 Å². The predicted molar refractivity (Wildman–Crippen MR) is 164 cm³/mol. The molecular formula is C32H44F3N5O7. The number of halogens is 3. The largest absolute Gasteiger partial charge is 0.493 e. The molecule has 15 heteroatoms. The summed E-state index contributed by atoms with van der Waals surface area (Å²) < 4.78 is 60.8. The summed E-state index contributed by atoms with van der Waals surface area (Å²) in [5.41, 5.74) is 0.561. The summed E-state index contributed by atoms with van der Waals surface area (Å²) in [5, 5.41) is 6.52. The fraction of sp³-hybridized carbons (Fsp3) is 0.625. The molecule has 2 amide bonds. The number of carbonyl (C=O) groups excluding carboxylic acids is 3. The fourth-order valence-electron chi connectivity index (χ4n) is 5.94. The number of aromatic nitrogens is 2. The van der Waals surface area contributed by atoms with Crippen molar-refractivity contribution in [1.82, 2.24) is 25.5 Å². The van der Waals surface area contributed by atoms with Crippen LogP contribution in [0.1, 0.15) is 74.3 Å². The smallest absolute Gasteiger partial charge is 0.491 e. The Labute approximate surface area is 272 Å². The minimum absolute atomic E-state index is 0.00215. The number of piperidine rings is 1. The highest BCUT2D eigenvalue weighted by Gasteiger charge is 2.44. The number of ether oxygens (including phenoxy) is 4. The molecule has 0 radical (unpaired) electrons. The van der Waals surface area contributed by atoms with E-state index in [0.29, 0.717) is 51.3 Å². The van der Waals surface area contributed by atoms with Gasteiger partial charge in [-0.1, -0.05) is 0 Å². The van der Waals surface area contributed by atoms with Crippen LogP contribution in [-0.4, -0.2) is 97.5 Å². The highest BCUT2D eigenvalue weighted by atomic mass is 19.4. The first kappa shape index (κ1) is 36.0. The lowest BCUT2D eigenvalue weighted by atomic mass is 9.95. The van der Waals surface area contributed by atoms with Gasteiger partial charge in [0.05, 0.1) is 31.5 Å². The van der Waals surface area contributed by atoms with E-state index < -0.39 is 23.8 Å². The highest BCUT2D eigenvalue weighted by molar-refractivity contribution is 6.00. The summed E-state index contributed by atoms with van der Waals surface area (Å²) in [4.78, 5) is 47.7. The van der Waals surface area contributed by atoms with Crippen LogP contribution in [0.4, 0.5) is 13.2 Å². The van der Waals surface area contributed by atoms with Gasteiger partial charge in [0.1, 0.15) is 0 Å². The van der Waals surface area contributed by atoms with Crippen molar-refractivity contribution in [3.8, 4) is 17.2 Å². The second-order valence-corrected chi connectivity index (χ2v) is 12.1. The number of alkyl halides is 3. The molecule has 2 aromatic rings. The number of hydrogen-bond acceptors (Lipinski definition) is 9. The standard InChI is InChI=1S/C32H44F3N5O7/c1-19(2)40(22-9-8-21(38-16-22)12-13-37-29(41)26(20-6-7-20)24-17-36-18-39-24)30(42)23-10-11-25(45-4)28(46-15-5-14-44-3)27(23)47-31(43)32(33,34)35/h10-11,17-22,26,38H,5-9,12-16H2,1-4H3,(H,36,39)(H,37,41)/t21-,22-,26-/m1/s1. The zero-order valence-corrected chi connectivity index (χ0v) is 27.2. The van der Waals surface area contributed by atoms with Gasteiger partial charge in [-0.2, -0.15) is 13.2 Å². The Morgan fingerprint density at radius 2 is 1.85 bits per heavy atom. The molecule has 1 saturated carbocycles. The van der Waals surface area contributed by atoms with Crippen LogP contribution >= 0.6 is 0 Å². The number of nitrogens with one attached hydrogen (secondary N) is 3. The average Bonchev–Trinajstić information content (AvgIpc) is 3.72. The third kappa shape index (κ3) is 9.37. The number of methoxy groups -OCH3 is 2. The summed E-state index contributed by atoms with van der Waals surface area (Å²) in [7, 11) is 2.78. The number of benzene rings is 1. The van der Waals surface area contributed by atoms with Crippen LogP contribution in [0.2, 0.25) is 0 Å². The van der Waals surface area contributed by atoms with Gasteiger partial charge < -0.3 is 39.5 Å². The number of imidazole rings is 1. The molecule has 1 aliphatic carbocycles. The SMILES string of the molecule is COCCCOc1c(OC)ccc(C(=O)N(C(C)C)[C@@H]2CC[C@H](CCNC(=O)[C@@H](c3cnc[nH]3)C3CC3)NC2)c1OC(=O)C(F)(F)F. The fourth-order valence-corrected chi connectivity index (χ4v) is 5.94. The quantitative estimate of drug-likeness (QED) is 0.138. The number of esters is 1. The number of amides is 2. The van der Waals surface area contributed by atoms with Crippen molar-refractivity contribution in [2.24, 2.45) is 5.92 Å². The molecule has 0 unspecified atom stereocenters. The lowest BCUT2D eigenvalue weighted by Crippen LogP contribution is -2.54. The van der Waals surface area contributed by atoms with Gasteiger partial charge in [-0.05, 0) is 64.0 Å². The monoisotopic (exact) mass is 667 g/mol. The van der Waals surface area contributed by atoms with Gasteiger partial charge in [-0.3, -0.25) is 9.59 Å². The molecule has 1 aliphatic heterocycles. The van der Waals surface area contributed by atoms with Crippen molar-refractivity contribution < 1.29 is 46.5 Å². The number of hydrogen-bond donors (Lipinski definition) is 3. The van der Waals surface area contributed by atoms with E-state index in [0.717, 1.165) is 18.5 Å². The highest BCUT2D eigenvalue weighted by Crippen LogP contribution is 2.43. The second-order valence-electron chi connectivity index (χ2n) is 12.1. The van der Waals surface area contributed by atoms with Gasteiger partial charge in [-0.25, -0.2) is 9.78 Å². The maximum absolute atomic E-state index is 14.1. The van der Waals surface area contributed by atoms with Crippen molar-refractivity contribution in [3.63, 3.8) is 0 Å². The molecule has 260 valence electrons. The number of H-pyrrole nitrogens is 1. The Bertz CT molecular complexity index is 1340. The summed E-state index contributed by atoms with van der Waals surface area (Å²) in [6.07, 6.45) is 2.37. The number of aromatic amines is 1. The number of carbonyl (C=O) groups is 3. The van der Waals surface area contributed by atoms with Crippen LogP contribution in [0.5, 0.6) is 17.2 Å². The summed E-state index contributed by atoms with van der Waals surface area (Å²) in [6, 6.07) is 2.13. The molecule has 2 aliphatic rings. The van der Waals surface area contributed by atoms with Gasteiger partial charge >= 0.3 is 12.1 Å². The van der Waals surface area contributed by atoms with Crippen LogP contribution < -0.4 is 24.8 Å². The topological polar surface area (TPSA) is 144 Å². The van der Waals surface area contributed by atoms with Crippen LogP contribution in [0.15, 0.2) is 24.7 Å². The van der Waals surface area contributed by atoms with Crippen LogP contribution in [0.3, 0.4) is 0 Å². The zero-order valence-electron chi connectivity index (χ0n) is 27.2. The van der Waals surface area contributed by atoms with Gasteiger partial charge in [0.25, 0.3) is 5.91 Å². The van der Waals surface area contributed by atoms with Crippen molar-refractivity contribution in [1.29, 1.82) is 0 Å². The molecular weight excluding hydrogens is 623 g/mol. The molecule has 1 aromatic heterocycles. The Morgan fingerprint density at radius 3 is 2.43 bits per heavy atom. The van der Waals surface area contributed by atoms with E-state index in [1.807, 2.05) is 13.8 Å². The molecule has 47 heavy (non-hydrogen) atoms. The molecule has 4 rings (SSSR count). The first-order valence-corrected chi connectivity index (χ1v) is 15.9. The molecule has 2 fully saturated rings. The van der Waals surface area contributed by atoms with E-state index in [-0.39, 0.29) is 53.6 Å². The van der Waals surface area contributed by atoms with Crippen LogP contribution in [0.25, 0.3) is 0 Å². The molecule has 3 atom stereocenters. The summed E-state index contributed by atoms with van der Waals surface area (Å²) in [5.74, 6) is -3.97. The molecule has 1 saturated heterocycles. The molecule has 0 spiro atoms. The maximum atomic E-state index is 14.1. The van der Waals surface area contributed by atoms with Crippen LogP contribution in [-0.2, 0) is 14.3 Å². The van der Waals surface area contributed by atoms with E-state index in [4.69, 9.17) is 18.9 Å². The minimum Gasteiger partial charge on any atom is -0.493 e. The molecule has 3 N–H and O–H groups in total. The number of nitrogens with zero attached hydrogens (tertiary/aromatic N) is 2. The van der Waals surface area contributed by atoms with E-state index in [1.165, 1.54) is 26.4 Å². The summed E-state index contributed by atoms with van der Waals surface area (Å²) in [6.45, 7) is 4.85. The van der Waals surface area contributed by atoms with Crippen molar-refractivity contribution >= 4 is 17.8 Å². The summed E-state index contributed by atoms with van der Waals surface area (Å²) >= 11 is 0. The zero-order chi connectivity index (χ0) is 34.1. The Balaban J connectivity index is 1.44. The lowest BCUT2D eigenvalue weighted by Gasteiger charge is -2.40. The normalized spacial score (nSPS) is 18.8. The molecule has 2 heterocycles. The van der Waals surface area contributed by atoms with Crippen molar-refractivity contribution in [2.45, 2.75) is 82.6 Å². The maximum Gasteiger partial charge on any atom is 0.491 e. The van der Waals surface area contributed by atoms with Gasteiger partial charge in [0.2, 0.25) is 11.7 Å². The van der Waals surface area contributed by atoms with E-state index >= 15 is 0 Å². The lowest BCUT2D eigenvalue weighted by molar-refractivity contribution is -0.189. The third-order valence-corrected chi connectivity index (χ3v) is 8.39. The second kappa shape index (κ2) is 16.3. The predicted octanol–water partition coefficient (Wildman–Crippen LogP) is 3.97. The van der Waals surface area contributed by atoms with Crippen LogP contribution in [0, 0.1) is 5.92 Å². The van der Waals surface area contributed by atoms with Crippen molar-refractivity contribution in [3.05, 3.63) is 35.9 Å². The van der Waals surface area contributed by atoms with E-state index in [2.05, 4.69) is 20.6 Å². The minimum atomic E-state index is -5.31. The first-order valence-electron chi connectivity index (χ1n) is 15.9. The van der Waals surface area contributed by atoms with Crippen molar-refractivity contribution in [2.75, 3.05) is 40.5 Å².